The van der Waals surface area contributed by atoms with E-state index in [2.05, 4.69) is 10.0 Å². The number of sulfonamides is 1. The monoisotopic (exact) mass is 456 g/mol. The topological polar surface area (TPSA) is 75.3 Å². The Morgan fingerprint density at radius 3 is 2.29 bits per heavy atom. The Balaban J connectivity index is 1.83. The maximum atomic E-state index is 12.9. The van der Waals surface area contributed by atoms with E-state index in [9.17, 15) is 13.2 Å². The third-order valence-electron chi connectivity index (χ3n) is 4.81. The number of rotatable bonds is 7. The van der Waals surface area contributed by atoms with Gasteiger partial charge in [0, 0.05) is 11.1 Å². The van der Waals surface area contributed by atoms with Crippen molar-refractivity contribution in [2.75, 3.05) is 4.72 Å². The van der Waals surface area contributed by atoms with Crippen LogP contribution in [0.25, 0.3) is 0 Å². The van der Waals surface area contributed by atoms with Crippen molar-refractivity contribution >= 4 is 33.2 Å². The van der Waals surface area contributed by atoms with E-state index in [1.807, 2.05) is 50.2 Å². The summed E-state index contributed by atoms with van der Waals surface area (Å²) in [4.78, 5) is 12.7. The van der Waals surface area contributed by atoms with Crippen molar-refractivity contribution in [1.29, 1.82) is 0 Å². The minimum atomic E-state index is -3.98. The molecule has 0 fully saturated rings. The van der Waals surface area contributed by atoms with Gasteiger partial charge in [-0.1, -0.05) is 60.1 Å². The smallest absolute Gasteiger partial charge is 0.263 e. The van der Waals surface area contributed by atoms with E-state index >= 15 is 0 Å². The lowest BCUT2D eigenvalue weighted by Crippen LogP contribution is -2.45. The quantitative estimate of drug-likeness (QED) is 0.513. The van der Waals surface area contributed by atoms with Crippen LogP contribution in [0.5, 0.6) is 0 Å². The predicted octanol–water partition coefficient (Wildman–Crippen LogP) is 5.20. The molecule has 162 valence electrons. The first-order valence-electron chi connectivity index (χ1n) is 9.82. The summed E-state index contributed by atoms with van der Waals surface area (Å²) in [5.74, 6) is -0.370. The zero-order valence-electron chi connectivity index (χ0n) is 17.6. The predicted molar refractivity (Wildman–Crippen MR) is 125 cm³/mol. The Bertz CT molecular complexity index is 1190. The molecule has 0 saturated carbocycles. The van der Waals surface area contributed by atoms with Gasteiger partial charge >= 0.3 is 0 Å². The number of carbonyl (C=O) groups excluding carboxylic acids is 1. The third-order valence-corrected chi connectivity index (χ3v) is 6.66. The molecule has 0 aliphatic heterocycles. The lowest BCUT2D eigenvalue weighted by molar-refractivity contribution is 0.0913. The number of hydrogen-bond donors (Lipinski definition) is 2. The average Bonchev–Trinajstić information content (AvgIpc) is 2.69. The van der Waals surface area contributed by atoms with Crippen LogP contribution in [0.2, 0.25) is 5.02 Å². The normalized spacial score (nSPS) is 11.7. The molecule has 0 bridgehead atoms. The average molecular weight is 457 g/mol. The van der Waals surface area contributed by atoms with E-state index in [0.29, 0.717) is 12.1 Å². The second-order valence-corrected chi connectivity index (χ2v) is 10.1. The minimum absolute atomic E-state index is 0.0428. The molecule has 7 heteroatoms. The van der Waals surface area contributed by atoms with Crippen LogP contribution in [0, 0.1) is 6.92 Å². The SMILES string of the molecule is Cc1ccccc1NS(=O)(=O)c1cc(C(=O)NC(C)(C)Cc2ccccc2)ccc1Cl. The van der Waals surface area contributed by atoms with Crippen LogP contribution in [0.15, 0.2) is 77.7 Å². The van der Waals surface area contributed by atoms with Crippen molar-refractivity contribution in [3.05, 3.63) is 94.5 Å². The molecule has 0 heterocycles. The van der Waals surface area contributed by atoms with Crippen molar-refractivity contribution in [1.82, 2.24) is 5.32 Å². The Morgan fingerprint density at radius 1 is 0.968 bits per heavy atom. The van der Waals surface area contributed by atoms with E-state index < -0.39 is 15.6 Å². The van der Waals surface area contributed by atoms with Gasteiger partial charge in [0.05, 0.1) is 10.7 Å². The molecule has 0 spiro atoms. The highest BCUT2D eigenvalue weighted by Crippen LogP contribution is 2.26. The highest BCUT2D eigenvalue weighted by atomic mass is 35.5. The van der Waals surface area contributed by atoms with Crippen molar-refractivity contribution < 1.29 is 13.2 Å². The molecular weight excluding hydrogens is 432 g/mol. The maximum Gasteiger partial charge on any atom is 0.263 e. The lowest BCUT2D eigenvalue weighted by Gasteiger charge is -2.26. The van der Waals surface area contributed by atoms with Crippen LogP contribution in [-0.2, 0) is 16.4 Å². The van der Waals surface area contributed by atoms with Gasteiger partial charge in [0.1, 0.15) is 4.90 Å². The summed E-state index contributed by atoms with van der Waals surface area (Å²) in [6.45, 7) is 5.65. The van der Waals surface area contributed by atoms with E-state index in [-0.39, 0.29) is 21.4 Å². The first-order valence-corrected chi connectivity index (χ1v) is 11.7. The van der Waals surface area contributed by atoms with Crippen molar-refractivity contribution in [2.45, 2.75) is 37.6 Å². The minimum Gasteiger partial charge on any atom is -0.347 e. The summed E-state index contributed by atoms with van der Waals surface area (Å²) in [6, 6.07) is 21.1. The van der Waals surface area contributed by atoms with Crippen molar-refractivity contribution in [2.24, 2.45) is 0 Å². The number of benzene rings is 3. The number of nitrogens with one attached hydrogen (secondary N) is 2. The standard InChI is InChI=1S/C24H25ClN2O3S/c1-17-9-7-8-12-21(17)27-31(29,30)22-15-19(13-14-20(22)25)23(28)26-24(2,3)16-18-10-5-4-6-11-18/h4-15,27H,16H2,1-3H3,(H,26,28). The fraction of sp³-hybridized carbons (Fsp3) is 0.208. The zero-order chi connectivity index (χ0) is 22.6. The number of hydrogen-bond acceptors (Lipinski definition) is 3. The van der Waals surface area contributed by atoms with Crippen LogP contribution in [0.1, 0.15) is 35.3 Å². The molecule has 0 radical (unpaired) electrons. The second-order valence-electron chi connectivity index (χ2n) is 8.07. The largest absolute Gasteiger partial charge is 0.347 e. The van der Waals surface area contributed by atoms with Crippen LogP contribution < -0.4 is 10.0 Å². The van der Waals surface area contributed by atoms with Gasteiger partial charge in [-0.25, -0.2) is 8.42 Å². The molecule has 0 aliphatic rings. The van der Waals surface area contributed by atoms with Crippen molar-refractivity contribution in [3.8, 4) is 0 Å². The van der Waals surface area contributed by atoms with E-state index in [1.54, 1.807) is 25.1 Å². The molecule has 0 unspecified atom stereocenters. The lowest BCUT2D eigenvalue weighted by atomic mass is 9.94. The number of para-hydroxylation sites is 1. The maximum absolute atomic E-state index is 12.9. The Labute approximate surface area is 188 Å². The van der Waals surface area contributed by atoms with Gasteiger partial charge in [0.2, 0.25) is 0 Å². The number of halogens is 1. The van der Waals surface area contributed by atoms with Gasteiger partial charge in [0.25, 0.3) is 15.9 Å². The van der Waals surface area contributed by atoms with Crippen molar-refractivity contribution in [3.63, 3.8) is 0 Å². The van der Waals surface area contributed by atoms with Gasteiger partial charge in [-0.2, -0.15) is 0 Å². The fourth-order valence-corrected chi connectivity index (χ4v) is 4.93. The second kappa shape index (κ2) is 9.12. The summed E-state index contributed by atoms with van der Waals surface area (Å²) in [7, 11) is -3.98. The van der Waals surface area contributed by atoms with Gasteiger partial charge < -0.3 is 5.32 Å². The molecule has 0 atom stereocenters. The fourth-order valence-electron chi connectivity index (χ4n) is 3.27. The summed E-state index contributed by atoms with van der Waals surface area (Å²) < 4.78 is 28.4. The first kappa shape index (κ1) is 22.8. The summed E-state index contributed by atoms with van der Waals surface area (Å²) >= 11 is 6.18. The molecule has 2 N–H and O–H groups in total. The summed E-state index contributed by atoms with van der Waals surface area (Å²) in [5.41, 5.74) is 2.01. The summed E-state index contributed by atoms with van der Waals surface area (Å²) in [6.07, 6.45) is 0.632. The van der Waals surface area contributed by atoms with Crippen LogP contribution in [-0.4, -0.2) is 19.9 Å². The first-order chi connectivity index (χ1) is 14.6. The Kier molecular flexibility index (Phi) is 6.72. The Morgan fingerprint density at radius 2 is 1.61 bits per heavy atom. The van der Waals surface area contributed by atoms with E-state index in [4.69, 9.17) is 11.6 Å². The highest BCUT2D eigenvalue weighted by molar-refractivity contribution is 7.92. The molecule has 31 heavy (non-hydrogen) atoms. The number of anilines is 1. The van der Waals surface area contributed by atoms with Crippen LogP contribution >= 0.6 is 11.6 Å². The molecule has 0 aromatic heterocycles. The third kappa shape index (κ3) is 5.87. The van der Waals surface area contributed by atoms with Crippen LogP contribution in [0.3, 0.4) is 0 Å². The number of carbonyl (C=O) groups is 1. The zero-order valence-corrected chi connectivity index (χ0v) is 19.2. The van der Waals surface area contributed by atoms with Gasteiger partial charge in [0.15, 0.2) is 0 Å². The van der Waals surface area contributed by atoms with E-state index in [1.165, 1.54) is 18.2 Å². The number of amides is 1. The Hall–Kier alpha value is -2.83. The molecule has 3 aromatic carbocycles. The molecule has 3 aromatic rings. The molecular formula is C24H25ClN2O3S. The molecule has 3 rings (SSSR count). The molecule has 5 nitrogen and oxygen atoms in total. The molecule has 1 amide bonds. The molecule has 0 saturated heterocycles. The number of aryl methyl sites for hydroxylation is 1. The molecule has 0 aliphatic carbocycles. The van der Waals surface area contributed by atoms with E-state index in [0.717, 1.165) is 11.1 Å². The highest BCUT2D eigenvalue weighted by Gasteiger charge is 2.25. The summed E-state index contributed by atoms with van der Waals surface area (Å²) in [5, 5.41) is 3.02. The van der Waals surface area contributed by atoms with Gasteiger partial charge in [-0.3, -0.25) is 9.52 Å². The van der Waals surface area contributed by atoms with Gasteiger partial charge in [-0.15, -0.1) is 0 Å². The van der Waals surface area contributed by atoms with Crippen LogP contribution in [0.4, 0.5) is 5.69 Å². The van der Waals surface area contributed by atoms with Gasteiger partial charge in [-0.05, 0) is 62.6 Å².